The number of fused-ring (bicyclic) bond motifs is 1. The molecule has 3 rings (SSSR count). The molecule has 0 aliphatic carbocycles. The number of hydrogen-bond donors (Lipinski definition) is 2. The van der Waals surface area contributed by atoms with E-state index in [0.29, 0.717) is 17.2 Å². The molecular weight excluding hydrogens is 312 g/mol. The summed E-state index contributed by atoms with van der Waals surface area (Å²) in [6, 6.07) is 9.68. The SMILES string of the molecule is COc1cc(Sc2c[nH]c3ccc(N)cc23)cc(OC)c1OC. The fraction of sp³-hybridized carbons (Fsp3) is 0.176. The number of anilines is 1. The molecule has 1 aromatic heterocycles. The summed E-state index contributed by atoms with van der Waals surface area (Å²) in [5, 5.41) is 1.09. The molecule has 1 heterocycles. The van der Waals surface area contributed by atoms with Crippen molar-refractivity contribution in [1.82, 2.24) is 4.98 Å². The number of aromatic nitrogens is 1. The summed E-state index contributed by atoms with van der Waals surface area (Å²) in [6.45, 7) is 0. The second-order valence-corrected chi connectivity index (χ2v) is 6.04. The van der Waals surface area contributed by atoms with Crippen molar-refractivity contribution in [3.05, 3.63) is 36.5 Å². The number of H-pyrrole nitrogens is 1. The van der Waals surface area contributed by atoms with Crippen molar-refractivity contribution in [1.29, 1.82) is 0 Å². The molecule has 0 aliphatic rings. The minimum absolute atomic E-state index is 0.586. The highest BCUT2D eigenvalue weighted by molar-refractivity contribution is 7.99. The molecule has 0 radical (unpaired) electrons. The number of rotatable bonds is 5. The molecule has 0 aliphatic heterocycles. The van der Waals surface area contributed by atoms with Crippen LogP contribution in [0.2, 0.25) is 0 Å². The van der Waals surface area contributed by atoms with Crippen molar-refractivity contribution in [2.75, 3.05) is 27.1 Å². The Balaban J connectivity index is 2.03. The predicted octanol–water partition coefficient (Wildman–Crippen LogP) is 3.93. The molecule has 0 saturated carbocycles. The Morgan fingerprint density at radius 2 is 1.65 bits per heavy atom. The molecular formula is C17H18N2O3S. The fourth-order valence-electron chi connectivity index (χ4n) is 2.44. The number of hydrogen-bond acceptors (Lipinski definition) is 5. The van der Waals surface area contributed by atoms with E-state index >= 15 is 0 Å². The van der Waals surface area contributed by atoms with E-state index in [1.165, 1.54) is 0 Å². The van der Waals surface area contributed by atoms with Gasteiger partial charge in [0.15, 0.2) is 11.5 Å². The van der Waals surface area contributed by atoms with E-state index < -0.39 is 0 Å². The van der Waals surface area contributed by atoms with Crippen molar-refractivity contribution in [3.63, 3.8) is 0 Å². The Morgan fingerprint density at radius 1 is 0.957 bits per heavy atom. The Morgan fingerprint density at radius 3 is 2.26 bits per heavy atom. The maximum atomic E-state index is 5.89. The number of nitrogens with one attached hydrogen (secondary N) is 1. The third-order valence-electron chi connectivity index (χ3n) is 3.53. The first kappa shape index (κ1) is 15.4. The van der Waals surface area contributed by atoms with Gasteiger partial charge in [-0.2, -0.15) is 0 Å². The van der Waals surface area contributed by atoms with E-state index in [9.17, 15) is 0 Å². The summed E-state index contributed by atoms with van der Waals surface area (Å²) in [6.07, 6.45) is 1.97. The normalized spacial score (nSPS) is 10.7. The zero-order chi connectivity index (χ0) is 16.4. The fourth-order valence-corrected chi connectivity index (χ4v) is 3.42. The molecule has 0 spiro atoms. The van der Waals surface area contributed by atoms with Crippen molar-refractivity contribution in [2.45, 2.75) is 9.79 Å². The second-order valence-electron chi connectivity index (χ2n) is 4.92. The number of methoxy groups -OCH3 is 3. The summed E-state index contributed by atoms with van der Waals surface area (Å²) < 4.78 is 16.2. The van der Waals surface area contributed by atoms with Crippen LogP contribution in [-0.2, 0) is 0 Å². The first-order valence-electron chi connectivity index (χ1n) is 7.00. The Labute approximate surface area is 138 Å². The lowest BCUT2D eigenvalue weighted by molar-refractivity contribution is 0.323. The summed E-state index contributed by atoms with van der Waals surface area (Å²) >= 11 is 1.61. The molecule has 0 bridgehead atoms. The molecule has 3 N–H and O–H groups in total. The highest BCUT2D eigenvalue weighted by atomic mass is 32.2. The Bertz CT molecular complexity index is 820. The topological polar surface area (TPSA) is 69.5 Å². The molecule has 0 amide bonds. The largest absolute Gasteiger partial charge is 0.493 e. The van der Waals surface area contributed by atoms with E-state index in [2.05, 4.69) is 4.98 Å². The lowest BCUT2D eigenvalue weighted by atomic mass is 10.2. The third kappa shape index (κ3) is 2.90. The van der Waals surface area contributed by atoms with Crippen molar-refractivity contribution in [2.24, 2.45) is 0 Å². The highest BCUT2D eigenvalue weighted by Gasteiger charge is 2.15. The molecule has 23 heavy (non-hydrogen) atoms. The lowest BCUT2D eigenvalue weighted by Gasteiger charge is -2.13. The van der Waals surface area contributed by atoms with E-state index in [0.717, 1.165) is 26.4 Å². The van der Waals surface area contributed by atoms with Gasteiger partial charge in [-0.25, -0.2) is 0 Å². The number of nitrogen functional groups attached to an aromatic ring is 1. The highest BCUT2D eigenvalue weighted by Crippen LogP contribution is 2.43. The number of ether oxygens (including phenoxy) is 3. The van der Waals surface area contributed by atoms with E-state index in [-0.39, 0.29) is 0 Å². The molecule has 5 nitrogen and oxygen atoms in total. The van der Waals surface area contributed by atoms with Crippen LogP contribution in [0.1, 0.15) is 0 Å². The van der Waals surface area contributed by atoms with Crippen LogP contribution in [-0.4, -0.2) is 26.3 Å². The van der Waals surface area contributed by atoms with Crippen LogP contribution < -0.4 is 19.9 Å². The van der Waals surface area contributed by atoms with Gasteiger partial charge in [-0.05, 0) is 30.3 Å². The zero-order valence-corrected chi connectivity index (χ0v) is 14.0. The van der Waals surface area contributed by atoms with Crippen LogP contribution in [0.25, 0.3) is 10.9 Å². The van der Waals surface area contributed by atoms with Crippen LogP contribution >= 0.6 is 11.8 Å². The minimum Gasteiger partial charge on any atom is -0.493 e. The molecule has 3 aromatic rings. The van der Waals surface area contributed by atoms with Gasteiger partial charge in [0.1, 0.15) is 0 Å². The van der Waals surface area contributed by atoms with E-state index in [4.69, 9.17) is 19.9 Å². The van der Waals surface area contributed by atoms with Crippen LogP contribution in [0.3, 0.4) is 0 Å². The molecule has 0 unspecified atom stereocenters. The predicted molar refractivity (Wildman–Crippen MR) is 92.9 cm³/mol. The van der Waals surface area contributed by atoms with Gasteiger partial charge in [0.2, 0.25) is 5.75 Å². The van der Waals surface area contributed by atoms with Gasteiger partial charge in [0.25, 0.3) is 0 Å². The average molecular weight is 330 g/mol. The first-order valence-corrected chi connectivity index (χ1v) is 7.82. The van der Waals surface area contributed by atoms with Crippen LogP contribution in [0.5, 0.6) is 17.2 Å². The summed E-state index contributed by atoms with van der Waals surface area (Å²) in [5.74, 6) is 1.85. The maximum Gasteiger partial charge on any atom is 0.203 e. The summed E-state index contributed by atoms with van der Waals surface area (Å²) in [5.41, 5.74) is 7.68. The lowest BCUT2D eigenvalue weighted by Crippen LogP contribution is -1.95. The van der Waals surface area contributed by atoms with E-state index in [1.807, 2.05) is 36.5 Å². The number of nitrogens with two attached hydrogens (primary N) is 1. The standard InChI is InChI=1S/C17H18N2O3S/c1-20-14-7-11(8-15(21-2)17(14)22-3)23-16-9-19-13-5-4-10(18)6-12(13)16/h4-9,19H,18H2,1-3H3. The summed E-state index contributed by atoms with van der Waals surface area (Å²) in [4.78, 5) is 5.33. The van der Waals surface area contributed by atoms with Gasteiger partial charge in [0.05, 0.1) is 21.3 Å². The van der Waals surface area contributed by atoms with Crippen LogP contribution in [0.15, 0.2) is 46.3 Å². The summed E-state index contributed by atoms with van der Waals surface area (Å²) in [7, 11) is 4.81. The Hall–Kier alpha value is -2.47. The van der Waals surface area contributed by atoms with Crippen LogP contribution in [0, 0.1) is 0 Å². The smallest absolute Gasteiger partial charge is 0.203 e. The van der Waals surface area contributed by atoms with Gasteiger partial charge in [-0.1, -0.05) is 11.8 Å². The van der Waals surface area contributed by atoms with Gasteiger partial charge in [0, 0.05) is 32.6 Å². The Kier molecular flexibility index (Phi) is 4.25. The van der Waals surface area contributed by atoms with Gasteiger partial charge >= 0.3 is 0 Å². The third-order valence-corrected chi connectivity index (χ3v) is 4.56. The molecule has 0 fully saturated rings. The maximum absolute atomic E-state index is 5.89. The van der Waals surface area contributed by atoms with Crippen molar-refractivity contribution >= 4 is 28.4 Å². The number of aromatic amines is 1. The molecule has 120 valence electrons. The molecule has 0 saturated heterocycles. The first-order chi connectivity index (χ1) is 11.2. The number of benzene rings is 2. The van der Waals surface area contributed by atoms with Crippen molar-refractivity contribution < 1.29 is 14.2 Å². The average Bonchev–Trinajstić information content (AvgIpc) is 2.96. The molecule has 2 aromatic carbocycles. The van der Waals surface area contributed by atoms with Gasteiger partial charge < -0.3 is 24.9 Å². The zero-order valence-electron chi connectivity index (χ0n) is 13.2. The minimum atomic E-state index is 0.586. The quantitative estimate of drug-likeness (QED) is 0.694. The van der Waals surface area contributed by atoms with Gasteiger partial charge in [-0.3, -0.25) is 0 Å². The van der Waals surface area contributed by atoms with Gasteiger partial charge in [-0.15, -0.1) is 0 Å². The van der Waals surface area contributed by atoms with E-state index in [1.54, 1.807) is 33.1 Å². The monoisotopic (exact) mass is 330 g/mol. The molecule has 6 heteroatoms. The van der Waals surface area contributed by atoms with Crippen molar-refractivity contribution in [3.8, 4) is 17.2 Å². The van der Waals surface area contributed by atoms with Crippen LogP contribution in [0.4, 0.5) is 5.69 Å². The second kappa shape index (κ2) is 6.34. The molecule has 0 atom stereocenters.